The number of aromatic nitrogens is 2. The van der Waals surface area contributed by atoms with E-state index in [9.17, 15) is 4.79 Å². The molecule has 1 aromatic heterocycles. The van der Waals surface area contributed by atoms with Gasteiger partial charge in [0.05, 0.1) is 5.56 Å². The average molecular weight is 301 g/mol. The number of hydrogen-bond donors (Lipinski definition) is 1. The molecule has 0 amide bonds. The smallest absolute Gasteiger partial charge is 0.335 e. The SMILES string of the molecule is Cc1ccc(SCc2nnsc2Cl)cc1C(=O)O. The van der Waals surface area contributed by atoms with Gasteiger partial charge in [-0.25, -0.2) is 4.79 Å². The number of rotatable bonds is 4. The van der Waals surface area contributed by atoms with Crippen molar-refractivity contribution in [2.45, 2.75) is 17.6 Å². The molecule has 0 bridgehead atoms. The second-order valence-corrected chi connectivity index (χ2v) is 5.97. The van der Waals surface area contributed by atoms with E-state index < -0.39 is 5.97 Å². The molecule has 2 aromatic rings. The maximum atomic E-state index is 11.0. The third-order valence-electron chi connectivity index (χ3n) is 2.32. The number of nitrogens with zero attached hydrogens (tertiary/aromatic N) is 2. The zero-order valence-electron chi connectivity index (χ0n) is 9.38. The summed E-state index contributed by atoms with van der Waals surface area (Å²) in [4.78, 5) is 11.9. The van der Waals surface area contributed by atoms with E-state index in [1.807, 2.05) is 6.07 Å². The Morgan fingerprint density at radius 2 is 2.33 bits per heavy atom. The van der Waals surface area contributed by atoms with Gasteiger partial charge in [0.25, 0.3) is 0 Å². The largest absolute Gasteiger partial charge is 0.478 e. The number of hydrogen-bond acceptors (Lipinski definition) is 5. The molecule has 94 valence electrons. The summed E-state index contributed by atoms with van der Waals surface area (Å²) in [7, 11) is 0. The van der Waals surface area contributed by atoms with Crippen LogP contribution in [0.2, 0.25) is 4.34 Å². The highest BCUT2D eigenvalue weighted by Crippen LogP contribution is 2.28. The van der Waals surface area contributed by atoms with Crippen molar-refractivity contribution in [1.82, 2.24) is 9.59 Å². The zero-order chi connectivity index (χ0) is 13.1. The van der Waals surface area contributed by atoms with Gasteiger partial charge in [0.15, 0.2) is 0 Å². The monoisotopic (exact) mass is 300 g/mol. The maximum absolute atomic E-state index is 11.0. The Balaban J connectivity index is 2.13. The summed E-state index contributed by atoms with van der Waals surface area (Å²) in [5.41, 5.74) is 1.80. The van der Waals surface area contributed by atoms with Crippen molar-refractivity contribution >= 4 is 40.9 Å². The van der Waals surface area contributed by atoms with Gasteiger partial charge < -0.3 is 5.11 Å². The van der Waals surface area contributed by atoms with Gasteiger partial charge in [0.1, 0.15) is 10.0 Å². The lowest BCUT2D eigenvalue weighted by atomic mass is 10.1. The van der Waals surface area contributed by atoms with Crippen LogP contribution in [0.25, 0.3) is 0 Å². The Morgan fingerprint density at radius 1 is 1.56 bits per heavy atom. The Bertz CT molecular complexity index is 586. The molecule has 0 spiro atoms. The molecule has 2 rings (SSSR count). The van der Waals surface area contributed by atoms with Gasteiger partial charge in [-0.3, -0.25) is 0 Å². The summed E-state index contributed by atoms with van der Waals surface area (Å²) in [5, 5.41) is 12.9. The van der Waals surface area contributed by atoms with Gasteiger partial charge in [-0.05, 0) is 24.6 Å². The summed E-state index contributed by atoms with van der Waals surface area (Å²) in [6, 6.07) is 5.35. The van der Waals surface area contributed by atoms with Crippen LogP contribution in [0, 0.1) is 6.92 Å². The fraction of sp³-hybridized carbons (Fsp3) is 0.182. The van der Waals surface area contributed by atoms with Gasteiger partial charge in [-0.15, -0.1) is 16.9 Å². The van der Waals surface area contributed by atoms with Crippen LogP contribution in [-0.4, -0.2) is 20.7 Å². The summed E-state index contributed by atoms with van der Waals surface area (Å²) in [6.45, 7) is 1.78. The van der Waals surface area contributed by atoms with Crippen LogP contribution in [0.5, 0.6) is 0 Å². The Hall–Kier alpha value is -1.11. The van der Waals surface area contributed by atoms with Gasteiger partial charge in [0.2, 0.25) is 0 Å². The van der Waals surface area contributed by atoms with E-state index in [0.29, 0.717) is 15.7 Å². The molecule has 0 saturated carbocycles. The number of aryl methyl sites for hydroxylation is 1. The van der Waals surface area contributed by atoms with Crippen molar-refractivity contribution in [3.8, 4) is 0 Å². The highest BCUT2D eigenvalue weighted by atomic mass is 35.5. The van der Waals surface area contributed by atoms with Crippen molar-refractivity contribution < 1.29 is 9.90 Å². The number of carboxylic acid groups (broad SMARTS) is 1. The molecule has 1 N–H and O–H groups in total. The van der Waals surface area contributed by atoms with Crippen LogP contribution in [-0.2, 0) is 5.75 Å². The van der Waals surface area contributed by atoms with E-state index in [1.165, 1.54) is 11.8 Å². The lowest BCUT2D eigenvalue weighted by Crippen LogP contribution is -1.99. The van der Waals surface area contributed by atoms with Crippen LogP contribution >= 0.6 is 34.9 Å². The third kappa shape index (κ3) is 3.01. The first-order valence-electron chi connectivity index (χ1n) is 5.01. The molecule has 0 radical (unpaired) electrons. The zero-order valence-corrected chi connectivity index (χ0v) is 11.8. The van der Waals surface area contributed by atoms with Gasteiger partial charge in [-0.1, -0.05) is 22.2 Å². The predicted molar refractivity (Wildman–Crippen MR) is 72.6 cm³/mol. The summed E-state index contributed by atoms with van der Waals surface area (Å²) >= 11 is 8.53. The average Bonchev–Trinajstić information content (AvgIpc) is 2.73. The minimum Gasteiger partial charge on any atom is -0.478 e. The normalized spacial score (nSPS) is 10.6. The van der Waals surface area contributed by atoms with Crippen molar-refractivity contribution in [2.24, 2.45) is 0 Å². The first kappa shape index (κ1) is 13.3. The first-order chi connectivity index (χ1) is 8.58. The third-order valence-corrected chi connectivity index (χ3v) is 4.31. The summed E-state index contributed by atoms with van der Waals surface area (Å²) in [5.74, 6) is -0.333. The quantitative estimate of drug-likeness (QED) is 0.876. The fourth-order valence-electron chi connectivity index (χ4n) is 1.36. The van der Waals surface area contributed by atoms with E-state index >= 15 is 0 Å². The van der Waals surface area contributed by atoms with E-state index in [2.05, 4.69) is 9.59 Å². The van der Waals surface area contributed by atoms with Crippen LogP contribution in [0.4, 0.5) is 0 Å². The fourth-order valence-corrected chi connectivity index (χ4v) is 3.02. The Labute approximate surface area is 117 Å². The van der Waals surface area contributed by atoms with E-state index in [-0.39, 0.29) is 0 Å². The highest BCUT2D eigenvalue weighted by molar-refractivity contribution is 7.98. The van der Waals surface area contributed by atoms with Crippen LogP contribution in [0.3, 0.4) is 0 Å². The number of benzene rings is 1. The molecule has 0 unspecified atom stereocenters. The Kier molecular flexibility index (Phi) is 4.21. The van der Waals surface area contributed by atoms with E-state index in [0.717, 1.165) is 27.7 Å². The summed E-state index contributed by atoms with van der Waals surface area (Å²) < 4.78 is 4.32. The standard InChI is InChI=1S/C11H9ClN2O2S2/c1-6-2-3-7(4-8(6)11(15)16)17-5-9-10(12)18-14-13-9/h2-4H,5H2,1H3,(H,15,16). The highest BCUT2D eigenvalue weighted by Gasteiger charge is 2.10. The van der Waals surface area contributed by atoms with Gasteiger partial charge >= 0.3 is 5.97 Å². The maximum Gasteiger partial charge on any atom is 0.335 e. The molecule has 0 atom stereocenters. The van der Waals surface area contributed by atoms with E-state index in [1.54, 1.807) is 19.1 Å². The van der Waals surface area contributed by atoms with Crippen LogP contribution in [0.1, 0.15) is 21.6 Å². The molecule has 18 heavy (non-hydrogen) atoms. The van der Waals surface area contributed by atoms with Crippen LogP contribution < -0.4 is 0 Å². The second kappa shape index (κ2) is 5.69. The molecular formula is C11H9ClN2O2S2. The number of thioether (sulfide) groups is 1. The molecule has 4 nitrogen and oxygen atoms in total. The molecule has 0 aliphatic carbocycles. The molecule has 0 saturated heterocycles. The van der Waals surface area contributed by atoms with Gasteiger partial charge in [0, 0.05) is 22.2 Å². The topological polar surface area (TPSA) is 63.1 Å². The predicted octanol–water partition coefficient (Wildman–Crippen LogP) is 3.49. The number of carbonyl (C=O) groups is 1. The summed E-state index contributed by atoms with van der Waals surface area (Å²) in [6.07, 6.45) is 0. The van der Waals surface area contributed by atoms with Crippen LogP contribution in [0.15, 0.2) is 23.1 Å². The lowest BCUT2D eigenvalue weighted by molar-refractivity contribution is 0.0696. The molecule has 7 heteroatoms. The molecule has 1 heterocycles. The van der Waals surface area contributed by atoms with Crippen molar-refractivity contribution in [1.29, 1.82) is 0 Å². The lowest BCUT2D eigenvalue weighted by Gasteiger charge is -2.04. The molecule has 0 fully saturated rings. The molecule has 0 aliphatic rings. The number of carboxylic acids is 1. The Morgan fingerprint density at radius 3 is 2.94 bits per heavy atom. The second-order valence-electron chi connectivity index (χ2n) is 3.56. The number of halogens is 1. The minimum absolute atomic E-state index is 0.322. The first-order valence-corrected chi connectivity index (χ1v) is 7.15. The van der Waals surface area contributed by atoms with Crippen molar-refractivity contribution in [2.75, 3.05) is 0 Å². The molecule has 1 aromatic carbocycles. The molecular weight excluding hydrogens is 292 g/mol. The molecule has 0 aliphatic heterocycles. The number of aromatic carboxylic acids is 1. The van der Waals surface area contributed by atoms with Crippen molar-refractivity contribution in [3.05, 3.63) is 39.4 Å². The van der Waals surface area contributed by atoms with Gasteiger partial charge in [-0.2, -0.15) is 0 Å². The van der Waals surface area contributed by atoms with Crippen molar-refractivity contribution in [3.63, 3.8) is 0 Å². The minimum atomic E-state index is -0.914. The van der Waals surface area contributed by atoms with E-state index in [4.69, 9.17) is 16.7 Å².